The first-order valence-corrected chi connectivity index (χ1v) is 6.72. The summed E-state index contributed by atoms with van der Waals surface area (Å²) in [4.78, 5) is 8.45. The molecule has 1 aromatic heterocycles. The first kappa shape index (κ1) is 13.6. The molecule has 5 heteroatoms. The summed E-state index contributed by atoms with van der Waals surface area (Å²) in [6, 6.07) is 7.83. The van der Waals surface area contributed by atoms with Crippen molar-refractivity contribution in [3.8, 4) is 5.88 Å². The summed E-state index contributed by atoms with van der Waals surface area (Å²) in [6.07, 6.45) is 4.20. The highest BCUT2D eigenvalue weighted by Gasteiger charge is 2.03. The van der Waals surface area contributed by atoms with Gasteiger partial charge in [0.2, 0.25) is 5.88 Å². The molecule has 0 amide bonds. The summed E-state index contributed by atoms with van der Waals surface area (Å²) in [5.74, 6) is 1.61. The zero-order valence-corrected chi connectivity index (χ0v) is 11.5. The smallest absolute Gasteiger partial charge is 0.234 e. The predicted molar refractivity (Wildman–Crippen MR) is 77.1 cm³/mol. The van der Waals surface area contributed by atoms with E-state index in [0.717, 1.165) is 17.7 Å². The van der Waals surface area contributed by atoms with E-state index in [-0.39, 0.29) is 0 Å². The normalized spacial score (nSPS) is 10.2. The largest absolute Gasteiger partial charge is 0.477 e. The zero-order chi connectivity index (χ0) is 13.5. The van der Waals surface area contributed by atoms with Crippen molar-refractivity contribution in [2.45, 2.75) is 19.2 Å². The lowest BCUT2D eigenvalue weighted by Crippen LogP contribution is -2.01. The van der Waals surface area contributed by atoms with E-state index < -0.39 is 0 Å². The second-order valence-electron chi connectivity index (χ2n) is 4.01. The SMILES string of the molecule is CCCOc1cncc(Nc2ccccc2CCl)n1. The van der Waals surface area contributed by atoms with Crippen molar-refractivity contribution >= 4 is 23.1 Å². The van der Waals surface area contributed by atoms with Gasteiger partial charge in [-0.15, -0.1) is 11.6 Å². The second kappa shape index (κ2) is 6.95. The Bertz CT molecular complexity index is 534. The number of nitrogens with zero attached hydrogens (tertiary/aromatic N) is 2. The molecule has 1 heterocycles. The van der Waals surface area contributed by atoms with Gasteiger partial charge >= 0.3 is 0 Å². The van der Waals surface area contributed by atoms with Gasteiger partial charge in [-0.1, -0.05) is 25.1 Å². The van der Waals surface area contributed by atoms with Crippen LogP contribution in [0.5, 0.6) is 5.88 Å². The van der Waals surface area contributed by atoms with Gasteiger partial charge in [0.25, 0.3) is 0 Å². The van der Waals surface area contributed by atoms with Crippen LogP contribution in [0.2, 0.25) is 0 Å². The lowest BCUT2D eigenvalue weighted by atomic mass is 10.2. The molecule has 0 aliphatic carbocycles. The monoisotopic (exact) mass is 277 g/mol. The van der Waals surface area contributed by atoms with Gasteiger partial charge in [0, 0.05) is 11.6 Å². The van der Waals surface area contributed by atoms with E-state index in [9.17, 15) is 0 Å². The van der Waals surface area contributed by atoms with Gasteiger partial charge < -0.3 is 10.1 Å². The summed E-state index contributed by atoms with van der Waals surface area (Å²) in [7, 11) is 0. The van der Waals surface area contributed by atoms with E-state index in [0.29, 0.717) is 24.2 Å². The molecule has 0 bridgehead atoms. The molecule has 0 saturated heterocycles. The van der Waals surface area contributed by atoms with E-state index in [1.807, 2.05) is 31.2 Å². The Kier molecular flexibility index (Phi) is 4.98. The molecular formula is C14H16ClN3O. The van der Waals surface area contributed by atoms with Crippen molar-refractivity contribution < 1.29 is 4.74 Å². The third kappa shape index (κ3) is 3.83. The maximum Gasteiger partial charge on any atom is 0.234 e. The van der Waals surface area contributed by atoms with Crippen molar-refractivity contribution in [2.75, 3.05) is 11.9 Å². The molecule has 4 nitrogen and oxygen atoms in total. The number of para-hydroxylation sites is 1. The maximum atomic E-state index is 5.90. The third-order valence-electron chi connectivity index (χ3n) is 2.49. The number of nitrogens with one attached hydrogen (secondary N) is 1. The average Bonchev–Trinajstić information content (AvgIpc) is 2.46. The average molecular weight is 278 g/mol. The van der Waals surface area contributed by atoms with Crippen molar-refractivity contribution in [1.82, 2.24) is 9.97 Å². The number of rotatable bonds is 6. The van der Waals surface area contributed by atoms with Crippen molar-refractivity contribution in [2.24, 2.45) is 0 Å². The van der Waals surface area contributed by atoms with Gasteiger partial charge in [0.1, 0.15) is 0 Å². The van der Waals surface area contributed by atoms with E-state index in [2.05, 4.69) is 15.3 Å². The highest BCUT2D eigenvalue weighted by Crippen LogP contribution is 2.21. The number of alkyl halides is 1. The van der Waals surface area contributed by atoms with Crippen LogP contribution in [-0.2, 0) is 5.88 Å². The van der Waals surface area contributed by atoms with E-state index in [1.54, 1.807) is 12.4 Å². The fourth-order valence-corrected chi connectivity index (χ4v) is 1.81. The summed E-state index contributed by atoms with van der Waals surface area (Å²) < 4.78 is 5.45. The minimum Gasteiger partial charge on any atom is -0.477 e. The summed E-state index contributed by atoms with van der Waals surface area (Å²) in [5.41, 5.74) is 1.95. The van der Waals surface area contributed by atoms with Gasteiger partial charge in [-0.2, -0.15) is 4.98 Å². The molecule has 0 aliphatic rings. The molecule has 0 unspecified atom stereocenters. The standard InChI is InChI=1S/C14H16ClN3O/c1-2-7-19-14-10-16-9-13(18-14)17-12-6-4-3-5-11(12)8-15/h3-6,9-10H,2,7-8H2,1H3,(H,17,18). The van der Waals surface area contributed by atoms with Gasteiger partial charge in [0.15, 0.2) is 5.82 Å². The van der Waals surface area contributed by atoms with Crippen LogP contribution in [0.1, 0.15) is 18.9 Å². The fraction of sp³-hybridized carbons (Fsp3) is 0.286. The first-order chi connectivity index (χ1) is 9.33. The Hall–Kier alpha value is -1.81. The van der Waals surface area contributed by atoms with Crippen LogP contribution in [0.15, 0.2) is 36.7 Å². The number of halogens is 1. The molecule has 100 valence electrons. The predicted octanol–water partition coefficient (Wildman–Crippen LogP) is 3.75. The Balaban J connectivity index is 2.14. The molecule has 0 atom stereocenters. The Morgan fingerprint density at radius 1 is 1.26 bits per heavy atom. The lowest BCUT2D eigenvalue weighted by molar-refractivity contribution is 0.304. The van der Waals surface area contributed by atoms with Crippen LogP contribution < -0.4 is 10.1 Å². The molecule has 0 fully saturated rings. The van der Waals surface area contributed by atoms with Crippen LogP contribution >= 0.6 is 11.6 Å². The maximum absolute atomic E-state index is 5.90. The van der Waals surface area contributed by atoms with Crippen molar-refractivity contribution in [3.63, 3.8) is 0 Å². The topological polar surface area (TPSA) is 47.0 Å². The molecule has 0 aliphatic heterocycles. The number of aromatic nitrogens is 2. The number of anilines is 2. The van der Waals surface area contributed by atoms with Gasteiger partial charge in [-0.3, -0.25) is 4.98 Å². The molecular weight excluding hydrogens is 262 g/mol. The Labute approximate surface area is 117 Å². The van der Waals surface area contributed by atoms with Crippen LogP contribution in [0.3, 0.4) is 0 Å². The number of benzene rings is 1. The molecule has 2 rings (SSSR count). The number of ether oxygens (including phenoxy) is 1. The highest BCUT2D eigenvalue weighted by atomic mass is 35.5. The van der Waals surface area contributed by atoms with E-state index >= 15 is 0 Å². The van der Waals surface area contributed by atoms with Crippen LogP contribution in [0, 0.1) is 0 Å². The Morgan fingerprint density at radius 2 is 2.11 bits per heavy atom. The summed E-state index contributed by atoms with van der Waals surface area (Å²) >= 11 is 5.90. The fourth-order valence-electron chi connectivity index (χ4n) is 1.58. The van der Waals surface area contributed by atoms with Crippen molar-refractivity contribution in [1.29, 1.82) is 0 Å². The highest BCUT2D eigenvalue weighted by molar-refractivity contribution is 6.17. The molecule has 1 aromatic carbocycles. The lowest BCUT2D eigenvalue weighted by Gasteiger charge is -2.10. The molecule has 1 N–H and O–H groups in total. The van der Waals surface area contributed by atoms with Gasteiger partial charge in [0.05, 0.1) is 19.0 Å². The summed E-state index contributed by atoms with van der Waals surface area (Å²) in [6.45, 7) is 2.68. The third-order valence-corrected chi connectivity index (χ3v) is 2.78. The van der Waals surface area contributed by atoms with E-state index in [1.165, 1.54) is 0 Å². The molecule has 2 aromatic rings. The number of hydrogen-bond donors (Lipinski definition) is 1. The van der Waals surface area contributed by atoms with Gasteiger partial charge in [-0.05, 0) is 18.1 Å². The van der Waals surface area contributed by atoms with Gasteiger partial charge in [-0.25, -0.2) is 0 Å². The van der Waals surface area contributed by atoms with Crippen molar-refractivity contribution in [3.05, 3.63) is 42.2 Å². The second-order valence-corrected chi connectivity index (χ2v) is 4.27. The van der Waals surface area contributed by atoms with E-state index in [4.69, 9.17) is 16.3 Å². The quantitative estimate of drug-likeness (QED) is 0.817. The molecule has 0 radical (unpaired) electrons. The molecule has 0 saturated carbocycles. The zero-order valence-electron chi connectivity index (χ0n) is 10.8. The number of hydrogen-bond acceptors (Lipinski definition) is 4. The molecule has 0 spiro atoms. The minimum absolute atomic E-state index is 0.447. The Morgan fingerprint density at radius 3 is 2.89 bits per heavy atom. The summed E-state index contributed by atoms with van der Waals surface area (Å²) in [5, 5.41) is 3.20. The molecule has 19 heavy (non-hydrogen) atoms. The minimum atomic E-state index is 0.447. The van der Waals surface area contributed by atoms with Crippen LogP contribution in [-0.4, -0.2) is 16.6 Å². The van der Waals surface area contributed by atoms with Crippen LogP contribution in [0.25, 0.3) is 0 Å². The first-order valence-electron chi connectivity index (χ1n) is 6.19. The van der Waals surface area contributed by atoms with Crippen LogP contribution in [0.4, 0.5) is 11.5 Å².